The van der Waals surface area contributed by atoms with Gasteiger partial charge >= 0.3 is 5.97 Å². The van der Waals surface area contributed by atoms with Crippen molar-refractivity contribution in [3.63, 3.8) is 0 Å². The number of nitrogens with one attached hydrogen (secondary N) is 1. The Morgan fingerprint density at radius 2 is 1.79 bits per heavy atom. The molecular weight excluding hydrogens is 456 g/mol. The lowest BCUT2D eigenvalue weighted by atomic mass is 10.2. The second kappa shape index (κ2) is 10.9. The average Bonchev–Trinajstić information content (AvgIpc) is 3.28. The SMILES string of the molecule is O=C(COC(=O)c1ccccc1OCc1ccccc1Cl)Nc1cccc(N2CCCC2=O)c1. The number of nitrogens with zero attached hydrogens (tertiary/aromatic N) is 1. The molecule has 34 heavy (non-hydrogen) atoms. The molecule has 1 heterocycles. The van der Waals surface area contributed by atoms with Crippen molar-refractivity contribution in [1.82, 2.24) is 0 Å². The molecule has 0 bridgehead atoms. The number of rotatable bonds is 8. The molecule has 8 heteroatoms. The fourth-order valence-electron chi connectivity index (χ4n) is 3.61. The summed E-state index contributed by atoms with van der Waals surface area (Å²) < 4.78 is 11.0. The highest BCUT2D eigenvalue weighted by atomic mass is 35.5. The highest BCUT2D eigenvalue weighted by Crippen LogP contribution is 2.25. The van der Waals surface area contributed by atoms with E-state index in [9.17, 15) is 14.4 Å². The summed E-state index contributed by atoms with van der Waals surface area (Å²) in [6.45, 7) is 0.372. The van der Waals surface area contributed by atoms with E-state index in [0.29, 0.717) is 29.4 Å². The molecule has 7 nitrogen and oxygen atoms in total. The summed E-state index contributed by atoms with van der Waals surface area (Å²) in [6.07, 6.45) is 1.34. The first-order valence-electron chi connectivity index (χ1n) is 10.8. The van der Waals surface area contributed by atoms with Gasteiger partial charge in [-0.2, -0.15) is 0 Å². The van der Waals surface area contributed by atoms with Gasteiger partial charge in [0.15, 0.2) is 6.61 Å². The number of amides is 2. The Hall–Kier alpha value is -3.84. The number of carbonyl (C=O) groups is 3. The molecule has 0 spiro atoms. The Labute approximate surface area is 202 Å². The van der Waals surface area contributed by atoms with Gasteiger partial charge in [-0.1, -0.05) is 48.0 Å². The maximum atomic E-state index is 12.6. The molecule has 3 aromatic rings. The van der Waals surface area contributed by atoms with Gasteiger partial charge in [0.25, 0.3) is 5.91 Å². The monoisotopic (exact) mass is 478 g/mol. The van der Waals surface area contributed by atoms with Crippen molar-refractivity contribution < 1.29 is 23.9 Å². The number of para-hydroxylation sites is 1. The van der Waals surface area contributed by atoms with Crippen LogP contribution in [0, 0.1) is 0 Å². The maximum Gasteiger partial charge on any atom is 0.342 e. The molecule has 2 amide bonds. The molecule has 1 aliphatic heterocycles. The highest BCUT2D eigenvalue weighted by Gasteiger charge is 2.22. The van der Waals surface area contributed by atoms with E-state index in [2.05, 4.69) is 5.32 Å². The van der Waals surface area contributed by atoms with Crippen molar-refractivity contribution >= 4 is 40.8 Å². The highest BCUT2D eigenvalue weighted by molar-refractivity contribution is 6.31. The van der Waals surface area contributed by atoms with Gasteiger partial charge in [-0.25, -0.2) is 4.79 Å². The quantitative estimate of drug-likeness (QED) is 0.468. The molecule has 0 aliphatic carbocycles. The smallest absolute Gasteiger partial charge is 0.342 e. The van der Waals surface area contributed by atoms with Crippen LogP contribution in [-0.2, 0) is 20.9 Å². The summed E-state index contributed by atoms with van der Waals surface area (Å²) in [5.41, 5.74) is 2.23. The third kappa shape index (κ3) is 5.74. The first kappa shape index (κ1) is 23.3. The molecule has 4 rings (SSSR count). The molecule has 3 aromatic carbocycles. The Bertz CT molecular complexity index is 1210. The minimum atomic E-state index is -0.679. The zero-order chi connectivity index (χ0) is 23.9. The zero-order valence-electron chi connectivity index (χ0n) is 18.3. The van der Waals surface area contributed by atoms with Crippen LogP contribution in [0.1, 0.15) is 28.8 Å². The number of anilines is 2. The summed E-state index contributed by atoms with van der Waals surface area (Å²) in [5, 5.41) is 3.26. The molecule has 1 saturated heterocycles. The van der Waals surface area contributed by atoms with E-state index in [4.69, 9.17) is 21.1 Å². The molecular formula is C26H23ClN2O5. The summed E-state index contributed by atoms with van der Waals surface area (Å²) in [4.78, 5) is 38.6. The van der Waals surface area contributed by atoms with Gasteiger partial charge in [-0.05, 0) is 42.8 Å². The minimum Gasteiger partial charge on any atom is -0.488 e. The molecule has 1 aliphatic rings. The topological polar surface area (TPSA) is 84.9 Å². The van der Waals surface area contributed by atoms with E-state index in [1.165, 1.54) is 0 Å². The Balaban J connectivity index is 1.34. The summed E-state index contributed by atoms with van der Waals surface area (Å²) in [6, 6.07) is 20.9. The van der Waals surface area contributed by atoms with E-state index in [0.717, 1.165) is 17.7 Å². The predicted molar refractivity (Wildman–Crippen MR) is 129 cm³/mol. The van der Waals surface area contributed by atoms with Gasteiger partial charge in [0, 0.05) is 34.9 Å². The van der Waals surface area contributed by atoms with Crippen molar-refractivity contribution in [3.05, 3.63) is 88.9 Å². The normalized spacial score (nSPS) is 13.0. The van der Waals surface area contributed by atoms with E-state index >= 15 is 0 Å². The lowest BCUT2D eigenvalue weighted by Gasteiger charge is -2.17. The molecule has 0 atom stereocenters. The number of carbonyl (C=O) groups excluding carboxylic acids is 3. The first-order valence-corrected chi connectivity index (χ1v) is 11.2. The number of halogens is 1. The first-order chi connectivity index (χ1) is 16.5. The Kier molecular flexibility index (Phi) is 7.44. The van der Waals surface area contributed by atoms with Crippen LogP contribution in [0.3, 0.4) is 0 Å². The van der Waals surface area contributed by atoms with Gasteiger partial charge in [-0.15, -0.1) is 0 Å². The van der Waals surface area contributed by atoms with E-state index < -0.39 is 18.5 Å². The summed E-state index contributed by atoms with van der Waals surface area (Å²) in [7, 11) is 0. The van der Waals surface area contributed by atoms with Crippen molar-refractivity contribution in [1.29, 1.82) is 0 Å². The third-order valence-corrected chi connectivity index (χ3v) is 5.67. The van der Waals surface area contributed by atoms with Crippen molar-refractivity contribution in [3.8, 4) is 5.75 Å². The largest absolute Gasteiger partial charge is 0.488 e. The number of ether oxygens (including phenoxy) is 2. The standard InChI is InChI=1S/C26H23ClN2O5/c27-22-11-3-1-7-18(22)16-33-23-12-4-2-10-21(23)26(32)34-17-24(30)28-19-8-5-9-20(15-19)29-14-6-13-25(29)31/h1-5,7-12,15H,6,13-14,16-17H2,(H,28,30). The van der Waals surface area contributed by atoms with Crippen molar-refractivity contribution in [2.45, 2.75) is 19.4 Å². The fourth-order valence-corrected chi connectivity index (χ4v) is 3.80. The van der Waals surface area contributed by atoms with E-state index in [1.54, 1.807) is 53.4 Å². The Morgan fingerprint density at radius 1 is 1.00 bits per heavy atom. The number of hydrogen-bond acceptors (Lipinski definition) is 5. The number of benzene rings is 3. The van der Waals surface area contributed by atoms with Gasteiger partial charge < -0.3 is 19.7 Å². The molecule has 1 fully saturated rings. The Morgan fingerprint density at radius 3 is 2.59 bits per heavy atom. The van der Waals surface area contributed by atoms with Crippen LogP contribution in [0.2, 0.25) is 5.02 Å². The maximum absolute atomic E-state index is 12.6. The van der Waals surface area contributed by atoms with Crippen molar-refractivity contribution in [2.75, 3.05) is 23.4 Å². The van der Waals surface area contributed by atoms with Gasteiger partial charge in [0.2, 0.25) is 5.91 Å². The summed E-state index contributed by atoms with van der Waals surface area (Å²) >= 11 is 6.16. The molecule has 0 saturated carbocycles. The second-order valence-electron chi connectivity index (χ2n) is 7.70. The molecule has 0 aromatic heterocycles. The predicted octanol–water partition coefficient (Wildman–Crippen LogP) is 4.84. The van der Waals surface area contributed by atoms with Crippen LogP contribution >= 0.6 is 11.6 Å². The van der Waals surface area contributed by atoms with Gasteiger partial charge in [0.1, 0.15) is 17.9 Å². The number of esters is 1. The van der Waals surface area contributed by atoms with E-state index in [-0.39, 0.29) is 18.1 Å². The van der Waals surface area contributed by atoms with Crippen LogP contribution in [0.4, 0.5) is 11.4 Å². The van der Waals surface area contributed by atoms with Crippen molar-refractivity contribution in [2.24, 2.45) is 0 Å². The van der Waals surface area contributed by atoms with Crippen LogP contribution in [0.15, 0.2) is 72.8 Å². The van der Waals surface area contributed by atoms with Crippen LogP contribution < -0.4 is 15.0 Å². The number of hydrogen-bond donors (Lipinski definition) is 1. The van der Waals surface area contributed by atoms with Crippen LogP contribution in [0.5, 0.6) is 5.75 Å². The van der Waals surface area contributed by atoms with Gasteiger partial charge in [0.05, 0.1) is 0 Å². The van der Waals surface area contributed by atoms with Crippen LogP contribution in [-0.4, -0.2) is 30.9 Å². The molecule has 1 N–H and O–H groups in total. The lowest BCUT2D eigenvalue weighted by Crippen LogP contribution is -2.24. The summed E-state index contributed by atoms with van der Waals surface area (Å²) in [5.74, 6) is -0.780. The lowest BCUT2D eigenvalue weighted by molar-refractivity contribution is -0.119. The van der Waals surface area contributed by atoms with E-state index in [1.807, 2.05) is 24.3 Å². The zero-order valence-corrected chi connectivity index (χ0v) is 19.1. The average molecular weight is 479 g/mol. The van der Waals surface area contributed by atoms with Crippen LogP contribution in [0.25, 0.3) is 0 Å². The molecule has 0 radical (unpaired) electrons. The molecule has 0 unspecified atom stereocenters. The fraction of sp³-hybridized carbons (Fsp3) is 0.192. The minimum absolute atomic E-state index is 0.0628. The molecule has 174 valence electrons. The van der Waals surface area contributed by atoms with Gasteiger partial charge in [-0.3, -0.25) is 9.59 Å². The second-order valence-corrected chi connectivity index (χ2v) is 8.11. The third-order valence-electron chi connectivity index (χ3n) is 5.30.